The summed E-state index contributed by atoms with van der Waals surface area (Å²) in [4.78, 5) is 12.3. The van der Waals surface area contributed by atoms with Crippen molar-refractivity contribution in [3.63, 3.8) is 0 Å². The minimum atomic E-state index is -0.147. The van der Waals surface area contributed by atoms with E-state index in [0.29, 0.717) is 10.6 Å². The lowest BCUT2D eigenvalue weighted by atomic mass is 9.96. The normalized spacial score (nSPS) is 12.0. The Balaban J connectivity index is 2.22. The van der Waals surface area contributed by atoms with Gasteiger partial charge in [-0.1, -0.05) is 35.9 Å². The van der Waals surface area contributed by atoms with E-state index in [0.717, 1.165) is 5.56 Å². The van der Waals surface area contributed by atoms with Crippen molar-refractivity contribution in [3.05, 3.63) is 69.2 Å². The Morgan fingerprint density at radius 1 is 1.05 bits per heavy atom. The number of carbonyl (C=O) groups excluding carboxylic acids is 1. The number of carbonyl (C=O) groups is 1. The largest absolute Gasteiger partial charge is 0.345 e. The maximum atomic E-state index is 12.3. The van der Waals surface area contributed by atoms with E-state index < -0.39 is 0 Å². The number of hydrogen-bond acceptors (Lipinski definition) is 1. The molecule has 2 aromatic carbocycles. The van der Waals surface area contributed by atoms with Crippen LogP contribution in [0.2, 0.25) is 5.02 Å². The van der Waals surface area contributed by atoms with Gasteiger partial charge in [-0.25, -0.2) is 0 Å². The molecule has 2 aromatic rings. The fraction of sp³-hybridized carbons (Fsp3) is 0.278. The Morgan fingerprint density at radius 3 is 2.33 bits per heavy atom. The molecule has 0 spiro atoms. The predicted molar refractivity (Wildman–Crippen MR) is 88.0 cm³/mol. The minimum absolute atomic E-state index is 0.0620. The number of nitrogens with one attached hydrogen (secondary N) is 1. The van der Waals surface area contributed by atoms with Gasteiger partial charge in [0, 0.05) is 0 Å². The summed E-state index contributed by atoms with van der Waals surface area (Å²) in [7, 11) is 0. The first-order valence-electron chi connectivity index (χ1n) is 7.03. The zero-order chi connectivity index (χ0) is 15.6. The number of amides is 1. The molecule has 0 saturated heterocycles. The summed E-state index contributed by atoms with van der Waals surface area (Å²) in [5.74, 6) is -0.147. The van der Waals surface area contributed by atoms with Crippen LogP contribution in [0.5, 0.6) is 0 Å². The van der Waals surface area contributed by atoms with Crippen molar-refractivity contribution in [1.82, 2.24) is 5.32 Å². The lowest BCUT2D eigenvalue weighted by Crippen LogP contribution is -2.27. The molecule has 0 aliphatic carbocycles. The highest BCUT2D eigenvalue weighted by Crippen LogP contribution is 2.23. The van der Waals surface area contributed by atoms with E-state index in [1.165, 1.54) is 16.7 Å². The van der Waals surface area contributed by atoms with E-state index in [9.17, 15) is 4.79 Å². The van der Waals surface area contributed by atoms with Crippen LogP contribution in [0.15, 0.2) is 36.4 Å². The van der Waals surface area contributed by atoms with Crippen LogP contribution in [0.1, 0.15) is 45.6 Å². The summed E-state index contributed by atoms with van der Waals surface area (Å²) in [6, 6.07) is 11.3. The van der Waals surface area contributed by atoms with Crippen molar-refractivity contribution in [2.24, 2.45) is 0 Å². The van der Waals surface area contributed by atoms with Gasteiger partial charge in [0.25, 0.3) is 5.91 Å². The molecule has 0 unspecified atom stereocenters. The van der Waals surface area contributed by atoms with Gasteiger partial charge < -0.3 is 5.32 Å². The van der Waals surface area contributed by atoms with Crippen LogP contribution in [0.4, 0.5) is 0 Å². The summed E-state index contributed by atoms with van der Waals surface area (Å²) in [5.41, 5.74) is 5.33. The van der Waals surface area contributed by atoms with Crippen LogP contribution in [0.3, 0.4) is 0 Å². The standard InChI is InChI=1S/C18H20ClNO/c1-11-9-13(3)16(10-12(11)2)14(4)20-18(21)15-7-5-6-8-17(15)19/h5-10,14H,1-4H3,(H,20,21)/t14-/m0/s1. The average Bonchev–Trinajstić information content (AvgIpc) is 2.43. The van der Waals surface area contributed by atoms with Crippen LogP contribution >= 0.6 is 11.6 Å². The summed E-state index contributed by atoms with van der Waals surface area (Å²) in [6.45, 7) is 8.24. The van der Waals surface area contributed by atoms with Crippen molar-refractivity contribution in [2.45, 2.75) is 33.7 Å². The quantitative estimate of drug-likeness (QED) is 0.870. The molecule has 1 amide bonds. The van der Waals surface area contributed by atoms with Crippen molar-refractivity contribution in [3.8, 4) is 0 Å². The van der Waals surface area contributed by atoms with Crippen LogP contribution in [0.25, 0.3) is 0 Å². The first kappa shape index (κ1) is 15.6. The van der Waals surface area contributed by atoms with Crippen LogP contribution in [-0.4, -0.2) is 5.91 Å². The van der Waals surface area contributed by atoms with Gasteiger partial charge >= 0.3 is 0 Å². The molecule has 0 aromatic heterocycles. The van der Waals surface area contributed by atoms with E-state index in [4.69, 9.17) is 11.6 Å². The zero-order valence-electron chi connectivity index (χ0n) is 12.8. The molecule has 2 rings (SSSR count). The van der Waals surface area contributed by atoms with Crippen LogP contribution in [-0.2, 0) is 0 Å². The monoisotopic (exact) mass is 301 g/mol. The molecule has 1 atom stereocenters. The van der Waals surface area contributed by atoms with Crippen LogP contribution in [0, 0.1) is 20.8 Å². The van der Waals surface area contributed by atoms with Crippen LogP contribution < -0.4 is 5.32 Å². The summed E-state index contributed by atoms with van der Waals surface area (Å²) in [6.07, 6.45) is 0. The molecule has 0 bridgehead atoms. The van der Waals surface area contributed by atoms with Gasteiger partial charge in [-0.15, -0.1) is 0 Å². The Morgan fingerprint density at radius 2 is 1.67 bits per heavy atom. The molecule has 0 heterocycles. The molecular formula is C18H20ClNO. The Labute approximate surface area is 131 Å². The summed E-state index contributed by atoms with van der Waals surface area (Å²) in [5, 5.41) is 3.49. The molecule has 0 saturated carbocycles. The SMILES string of the molecule is Cc1cc(C)c([C@H](C)NC(=O)c2ccccc2Cl)cc1C. The lowest BCUT2D eigenvalue weighted by Gasteiger charge is -2.18. The second-order valence-corrected chi connectivity index (χ2v) is 5.88. The van der Waals surface area contributed by atoms with Gasteiger partial charge in [0.15, 0.2) is 0 Å². The molecular weight excluding hydrogens is 282 g/mol. The van der Waals surface area contributed by atoms with Gasteiger partial charge in [-0.2, -0.15) is 0 Å². The van der Waals surface area contributed by atoms with E-state index >= 15 is 0 Å². The van der Waals surface area contributed by atoms with Gasteiger partial charge in [0.2, 0.25) is 0 Å². The highest BCUT2D eigenvalue weighted by atomic mass is 35.5. The van der Waals surface area contributed by atoms with Crippen molar-refractivity contribution in [2.75, 3.05) is 0 Å². The average molecular weight is 302 g/mol. The number of aryl methyl sites for hydroxylation is 3. The number of hydrogen-bond donors (Lipinski definition) is 1. The first-order valence-corrected chi connectivity index (χ1v) is 7.41. The Bertz CT molecular complexity index is 679. The highest BCUT2D eigenvalue weighted by molar-refractivity contribution is 6.33. The fourth-order valence-electron chi connectivity index (χ4n) is 2.45. The van der Waals surface area contributed by atoms with E-state index in [1.807, 2.05) is 19.1 Å². The Hall–Kier alpha value is -1.80. The third kappa shape index (κ3) is 3.45. The van der Waals surface area contributed by atoms with Gasteiger partial charge in [0.1, 0.15) is 0 Å². The first-order chi connectivity index (χ1) is 9.90. The third-order valence-electron chi connectivity index (χ3n) is 3.81. The predicted octanol–water partition coefficient (Wildman–Crippen LogP) is 4.76. The lowest BCUT2D eigenvalue weighted by molar-refractivity contribution is 0.0940. The number of halogens is 1. The van der Waals surface area contributed by atoms with Gasteiger partial charge in [-0.3, -0.25) is 4.79 Å². The highest BCUT2D eigenvalue weighted by Gasteiger charge is 2.15. The molecule has 110 valence electrons. The zero-order valence-corrected chi connectivity index (χ0v) is 13.6. The maximum absolute atomic E-state index is 12.3. The fourth-order valence-corrected chi connectivity index (χ4v) is 2.67. The minimum Gasteiger partial charge on any atom is -0.345 e. The smallest absolute Gasteiger partial charge is 0.253 e. The third-order valence-corrected chi connectivity index (χ3v) is 4.14. The van der Waals surface area contributed by atoms with E-state index in [2.05, 4.69) is 38.2 Å². The second kappa shape index (κ2) is 6.31. The molecule has 2 nitrogen and oxygen atoms in total. The number of benzene rings is 2. The molecule has 0 radical (unpaired) electrons. The van der Waals surface area contributed by atoms with Crippen molar-refractivity contribution >= 4 is 17.5 Å². The Kier molecular flexibility index (Phi) is 4.69. The molecule has 0 aliphatic heterocycles. The van der Waals surface area contributed by atoms with E-state index in [1.54, 1.807) is 12.1 Å². The van der Waals surface area contributed by atoms with Crippen molar-refractivity contribution < 1.29 is 4.79 Å². The summed E-state index contributed by atoms with van der Waals surface area (Å²) < 4.78 is 0. The molecule has 3 heteroatoms. The topological polar surface area (TPSA) is 29.1 Å². The maximum Gasteiger partial charge on any atom is 0.253 e. The molecule has 1 N–H and O–H groups in total. The molecule has 0 aliphatic rings. The summed E-state index contributed by atoms with van der Waals surface area (Å²) >= 11 is 6.07. The molecule has 21 heavy (non-hydrogen) atoms. The molecule has 0 fully saturated rings. The van der Waals surface area contributed by atoms with Gasteiger partial charge in [0.05, 0.1) is 16.6 Å². The number of rotatable bonds is 3. The van der Waals surface area contributed by atoms with Gasteiger partial charge in [-0.05, 0) is 62.1 Å². The van der Waals surface area contributed by atoms with E-state index in [-0.39, 0.29) is 11.9 Å². The second-order valence-electron chi connectivity index (χ2n) is 5.47. The van der Waals surface area contributed by atoms with Crippen molar-refractivity contribution in [1.29, 1.82) is 0 Å².